The molecular formula is C19H31N5O. The minimum atomic E-state index is 0.374. The number of hydrogen-bond donors (Lipinski definition) is 1. The van der Waals surface area contributed by atoms with Crippen molar-refractivity contribution >= 4 is 5.96 Å². The Labute approximate surface area is 150 Å². The normalized spacial score (nSPS) is 26.4. The van der Waals surface area contributed by atoms with Gasteiger partial charge in [-0.05, 0) is 32.6 Å². The summed E-state index contributed by atoms with van der Waals surface area (Å²) in [5.41, 5.74) is 1.57. The van der Waals surface area contributed by atoms with Crippen LogP contribution in [0, 0.1) is 5.41 Å². The molecule has 0 bridgehead atoms. The largest absolute Gasteiger partial charge is 0.381 e. The fourth-order valence-corrected chi connectivity index (χ4v) is 4.38. The lowest BCUT2D eigenvalue weighted by Gasteiger charge is -2.24. The van der Waals surface area contributed by atoms with E-state index in [0.29, 0.717) is 5.41 Å². The van der Waals surface area contributed by atoms with Crippen LogP contribution in [0.1, 0.15) is 44.1 Å². The lowest BCUT2D eigenvalue weighted by Crippen LogP contribution is -2.41. The molecule has 0 amide bonds. The average Bonchev–Trinajstić information content (AvgIpc) is 3.35. The van der Waals surface area contributed by atoms with Crippen molar-refractivity contribution in [3.63, 3.8) is 0 Å². The van der Waals surface area contributed by atoms with Crippen LogP contribution in [0.3, 0.4) is 0 Å². The van der Waals surface area contributed by atoms with Gasteiger partial charge in [-0.1, -0.05) is 0 Å². The first kappa shape index (κ1) is 16.9. The van der Waals surface area contributed by atoms with Crippen molar-refractivity contribution in [3.8, 4) is 0 Å². The van der Waals surface area contributed by atoms with Crippen LogP contribution in [0.25, 0.3) is 0 Å². The third-order valence-corrected chi connectivity index (χ3v) is 5.85. The van der Waals surface area contributed by atoms with Crippen LogP contribution in [0.5, 0.6) is 0 Å². The summed E-state index contributed by atoms with van der Waals surface area (Å²) in [5.74, 6) is 2.33. The van der Waals surface area contributed by atoms with E-state index in [9.17, 15) is 0 Å². The zero-order valence-electron chi connectivity index (χ0n) is 15.5. The predicted molar refractivity (Wildman–Crippen MR) is 98.9 cm³/mol. The lowest BCUT2D eigenvalue weighted by atomic mass is 9.87. The molecule has 1 aromatic rings. The number of ether oxygens (including phenoxy) is 1. The molecule has 1 N–H and O–H groups in total. The molecule has 0 saturated carbocycles. The van der Waals surface area contributed by atoms with Gasteiger partial charge in [0.1, 0.15) is 5.82 Å². The molecule has 0 radical (unpaired) electrons. The fraction of sp³-hybridized carbons (Fsp3) is 0.789. The Morgan fingerprint density at radius 1 is 1.36 bits per heavy atom. The average molecular weight is 345 g/mol. The lowest BCUT2D eigenvalue weighted by molar-refractivity contribution is 0.156. The van der Waals surface area contributed by atoms with Gasteiger partial charge < -0.3 is 19.5 Å². The summed E-state index contributed by atoms with van der Waals surface area (Å²) in [5, 5.41) is 3.48. The highest BCUT2D eigenvalue weighted by Gasteiger charge is 2.42. The highest BCUT2D eigenvalue weighted by Crippen LogP contribution is 2.38. The molecule has 3 aliphatic rings. The Balaban J connectivity index is 1.36. The van der Waals surface area contributed by atoms with Crippen molar-refractivity contribution in [1.82, 2.24) is 19.8 Å². The molecular weight excluding hydrogens is 314 g/mol. The number of rotatable bonds is 4. The van der Waals surface area contributed by atoms with Gasteiger partial charge >= 0.3 is 0 Å². The molecule has 138 valence electrons. The van der Waals surface area contributed by atoms with Gasteiger partial charge in [-0.3, -0.25) is 4.99 Å². The van der Waals surface area contributed by atoms with E-state index in [1.807, 2.05) is 0 Å². The highest BCUT2D eigenvalue weighted by molar-refractivity contribution is 5.80. The summed E-state index contributed by atoms with van der Waals surface area (Å²) in [4.78, 5) is 12.1. The Bertz CT molecular complexity index is 594. The molecule has 4 heterocycles. The monoisotopic (exact) mass is 345 g/mol. The first-order chi connectivity index (χ1) is 12.3. The van der Waals surface area contributed by atoms with Gasteiger partial charge in [0, 0.05) is 63.8 Å². The van der Waals surface area contributed by atoms with Gasteiger partial charge in [0.2, 0.25) is 0 Å². The molecule has 0 aromatic carbocycles. The van der Waals surface area contributed by atoms with E-state index < -0.39 is 0 Å². The summed E-state index contributed by atoms with van der Waals surface area (Å²) >= 11 is 0. The van der Waals surface area contributed by atoms with E-state index in [1.54, 1.807) is 0 Å². The molecule has 1 unspecified atom stereocenters. The Morgan fingerprint density at radius 3 is 3.12 bits per heavy atom. The van der Waals surface area contributed by atoms with Gasteiger partial charge in [0.25, 0.3) is 0 Å². The number of hydrogen-bond acceptors (Lipinski definition) is 3. The molecule has 1 atom stereocenters. The number of likely N-dealkylation sites (tertiary alicyclic amines) is 1. The number of fused-ring (bicyclic) bond motifs is 1. The van der Waals surface area contributed by atoms with Crippen molar-refractivity contribution in [3.05, 3.63) is 17.7 Å². The van der Waals surface area contributed by atoms with E-state index in [4.69, 9.17) is 14.7 Å². The quantitative estimate of drug-likeness (QED) is 0.668. The van der Waals surface area contributed by atoms with Crippen molar-refractivity contribution in [2.45, 2.75) is 52.0 Å². The number of nitrogens with one attached hydrogen (secondary N) is 1. The van der Waals surface area contributed by atoms with Crippen molar-refractivity contribution in [2.75, 3.05) is 39.4 Å². The molecule has 25 heavy (non-hydrogen) atoms. The van der Waals surface area contributed by atoms with Crippen molar-refractivity contribution in [1.29, 1.82) is 0 Å². The summed E-state index contributed by atoms with van der Waals surface area (Å²) in [6, 6.07) is 0. The fourth-order valence-electron chi connectivity index (χ4n) is 4.38. The molecule has 2 saturated heterocycles. The number of aryl methyl sites for hydroxylation is 2. The second-order valence-electron chi connectivity index (χ2n) is 7.76. The molecule has 1 spiro atoms. The summed E-state index contributed by atoms with van der Waals surface area (Å²) in [6.45, 7) is 9.01. The Morgan fingerprint density at radius 2 is 2.32 bits per heavy atom. The zero-order valence-corrected chi connectivity index (χ0v) is 15.5. The van der Waals surface area contributed by atoms with Crippen LogP contribution in [0.4, 0.5) is 0 Å². The van der Waals surface area contributed by atoms with Gasteiger partial charge in [-0.25, -0.2) is 4.98 Å². The topological polar surface area (TPSA) is 54.7 Å². The van der Waals surface area contributed by atoms with E-state index in [-0.39, 0.29) is 0 Å². The first-order valence-electron chi connectivity index (χ1n) is 9.94. The minimum Gasteiger partial charge on any atom is -0.381 e. The summed E-state index contributed by atoms with van der Waals surface area (Å²) < 4.78 is 7.98. The van der Waals surface area contributed by atoms with Crippen LogP contribution >= 0.6 is 0 Å². The summed E-state index contributed by atoms with van der Waals surface area (Å²) in [6.07, 6.45) is 9.28. The number of nitrogens with zero attached hydrogens (tertiary/aromatic N) is 4. The third kappa shape index (κ3) is 3.68. The van der Waals surface area contributed by atoms with Crippen molar-refractivity contribution in [2.24, 2.45) is 10.4 Å². The number of aromatic nitrogens is 2. The smallest absolute Gasteiger partial charge is 0.193 e. The van der Waals surface area contributed by atoms with Crippen molar-refractivity contribution < 1.29 is 4.74 Å². The third-order valence-electron chi connectivity index (χ3n) is 5.85. The summed E-state index contributed by atoms with van der Waals surface area (Å²) in [7, 11) is 0. The maximum Gasteiger partial charge on any atom is 0.193 e. The van der Waals surface area contributed by atoms with Gasteiger partial charge in [-0.15, -0.1) is 0 Å². The van der Waals surface area contributed by atoms with E-state index in [0.717, 1.165) is 64.7 Å². The maximum atomic E-state index is 5.65. The van der Waals surface area contributed by atoms with Gasteiger partial charge in [0.05, 0.1) is 12.3 Å². The molecule has 1 aromatic heterocycles. The standard InChI is InChI=1S/C19H31N5O/c1-2-20-18(24-11-7-19(14-24)8-12-25-15-19)21-9-6-16-13-23-10-4-3-5-17(23)22-16/h13H,2-12,14-15H2,1H3,(H,20,21). The van der Waals surface area contributed by atoms with E-state index in [2.05, 4.69) is 27.9 Å². The number of guanidine groups is 1. The Kier molecular flexibility index (Phi) is 4.97. The molecule has 3 aliphatic heterocycles. The van der Waals surface area contributed by atoms with Crippen LogP contribution in [0.2, 0.25) is 0 Å². The molecule has 6 nitrogen and oxygen atoms in total. The van der Waals surface area contributed by atoms with E-state index >= 15 is 0 Å². The van der Waals surface area contributed by atoms with E-state index in [1.165, 1.54) is 37.2 Å². The van der Waals surface area contributed by atoms with Crippen LogP contribution in [-0.2, 0) is 24.1 Å². The predicted octanol–water partition coefficient (Wildman–Crippen LogP) is 1.84. The Hall–Kier alpha value is -1.56. The zero-order chi connectivity index (χ0) is 17.1. The van der Waals surface area contributed by atoms with Crippen LogP contribution < -0.4 is 5.32 Å². The number of imidazole rings is 1. The SMILES string of the molecule is CCNC(=NCCc1cn2c(n1)CCCC2)N1CCC2(CCOC2)C1. The van der Waals surface area contributed by atoms with Gasteiger partial charge in [0.15, 0.2) is 5.96 Å². The van der Waals surface area contributed by atoms with Crippen LogP contribution in [-0.4, -0.2) is 59.8 Å². The minimum absolute atomic E-state index is 0.374. The second kappa shape index (κ2) is 7.36. The number of aliphatic imine (C=N–C) groups is 1. The molecule has 4 rings (SSSR count). The molecule has 6 heteroatoms. The first-order valence-corrected chi connectivity index (χ1v) is 9.94. The maximum absolute atomic E-state index is 5.65. The molecule has 2 fully saturated rings. The van der Waals surface area contributed by atoms with Gasteiger partial charge in [-0.2, -0.15) is 0 Å². The molecule has 0 aliphatic carbocycles. The van der Waals surface area contributed by atoms with Crippen LogP contribution in [0.15, 0.2) is 11.2 Å². The highest BCUT2D eigenvalue weighted by atomic mass is 16.5. The second-order valence-corrected chi connectivity index (χ2v) is 7.76.